The average molecular weight is 378 g/mol. The normalized spacial score (nSPS) is 14.5. The lowest BCUT2D eigenvalue weighted by atomic mass is 10.1. The molecule has 2 aromatic rings. The number of hydrogen-bond acceptors (Lipinski definition) is 2. The third-order valence-electron chi connectivity index (χ3n) is 4.51. The van der Waals surface area contributed by atoms with E-state index in [1.165, 1.54) is 5.56 Å². The lowest BCUT2D eigenvalue weighted by molar-refractivity contribution is 0.194. The van der Waals surface area contributed by atoms with Crippen LogP contribution in [0.1, 0.15) is 11.1 Å². The van der Waals surface area contributed by atoms with Crippen molar-refractivity contribution in [2.24, 2.45) is 0 Å². The molecule has 25 heavy (non-hydrogen) atoms. The Morgan fingerprint density at radius 1 is 1.08 bits per heavy atom. The first-order valence-electron chi connectivity index (χ1n) is 8.32. The second-order valence-electron chi connectivity index (χ2n) is 6.16. The monoisotopic (exact) mass is 377 g/mol. The first kappa shape index (κ1) is 17.9. The summed E-state index contributed by atoms with van der Waals surface area (Å²) in [6.07, 6.45) is 0. The largest absolute Gasteiger partial charge is 0.367 e. The summed E-state index contributed by atoms with van der Waals surface area (Å²) in [6.45, 7) is 5.43. The fourth-order valence-electron chi connectivity index (χ4n) is 2.98. The van der Waals surface area contributed by atoms with Crippen LogP contribution in [0.4, 0.5) is 10.5 Å². The zero-order valence-corrected chi connectivity index (χ0v) is 15.6. The molecule has 132 valence electrons. The number of benzene rings is 2. The van der Waals surface area contributed by atoms with Crippen molar-refractivity contribution >= 4 is 34.9 Å². The molecule has 1 N–H and O–H groups in total. The first-order chi connectivity index (χ1) is 12.0. The maximum atomic E-state index is 12.4. The van der Waals surface area contributed by atoms with Crippen LogP contribution in [-0.4, -0.2) is 37.1 Å². The molecule has 1 aliphatic rings. The molecule has 0 radical (unpaired) electrons. The molecule has 4 nitrogen and oxygen atoms in total. The van der Waals surface area contributed by atoms with Crippen molar-refractivity contribution in [1.82, 2.24) is 10.2 Å². The number of urea groups is 1. The van der Waals surface area contributed by atoms with E-state index in [0.717, 1.165) is 24.3 Å². The van der Waals surface area contributed by atoms with E-state index in [1.54, 1.807) is 6.07 Å². The molecule has 2 aromatic carbocycles. The zero-order valence-electron chi connectivity index (χ0n) is 14.1. The zero-order chi connectivity index (χ0) is 17.8. The Morgan fingerprint density at radius 3 is 2.48 bits per heavy atom. The number of aryl methyl sites for hydroxylation is 1. The molecule has 0 saturated carbocycles. The summed E-state index contributed by atoms with van der Waals surface area (Å²) in [5.41, 5.74) is 3.29. The van der Waals surface area contributed by atoms with Crippen LogP contribution in [0.2, 0.25) is 10.0 Å². The van der Waals surface area contributed by atoms with Gasteiger partial charge in [0, 0.05) is 37.7 Å². The van der Waals surface area contributed by atoms with E-state index < -0.39 is 0 Å². The smallest absolute Gasteiger partial charge is 0.317 e. The van der Waals surface area contributed by atoms with E-state index in [2.05, 4.69) is 23.2 Å². The standard InChI is InChI=1S/C19H21Cl2N3O/c1-14-4-2-3-5-15(14)13-22-19(25)24-10-8-23(9-11-24)18-7-6-16(20)12-17(18)21/h2-7,12H,8-11,13H2,1H3,(H,22,25). The number of anilines is 1. The van der Waals surface area contributed by atoms with Crippen LogP contribution in [0.3, 0.4) is 0 Å². The fraction of sp³-hybridized carbons (Fsp3) is 0.316. The van der Waals surface area contributed by atoms with Gasteiger partial charge in [0.1, 0.15) is 0 Å². The summed E-state index contributed by atoms with van der Waals surface area (Å²) in [7, 11) is 0. The first-order valence-corrected chi connectivity index (χ1v) is 9.07. The predicted molar refractivity (Wildman–Crippen MR) is 104 cm³/mol. The van der Waals surface area contributed by atoms with Gasteiger partial charge in [-0.05, 0) is 36.2 Å². The minimum absolute atomic E-state index is 0.0230. The Morgan fingerprint density at radius 2 is 1.80 bits per heavy atom. The van der Waals surface area contributed by atoms with Crippen molar-refractivity contribution in [3.63, 3.8) is 0 Å². The van der Waals surface area contributed by atoms with Gasteiger partial charge >= 0.3 is 6.03 Å². The number of hydrogen-bond donors (Lipinski definition) is 1. The average Bonchev–Trinajstić information content (AvgIpc) is 2.61. The Balaban J connectivity index is 1.53. The Hall–Kier alpha value is -1.91. The van der Waals surface area contributed by atoms with Crippen molar-refractivity contribution < 1.29 is 4.79 Å². The second-order valence-corrected chi connectivity index (χ2v) is 7.00. The van der Waals surface area contributed by atoms with Gasteiger partial charge in [-0.1, -0.05) is 47.5 Å². The third kappa shape index (κ3) is 4.39. The van der Waals surface area contributed by atoms with Crippen LogP contribution in [0.15, 0.2) is 42.5 Å². The van der Waals surface area contributed by atoms with Crippen LogP contribution in [0.5, 0.6) is 0 Å². The minimum Gasteiger partial charge on any atom is -0.367 e. The molecule has 0 unspecified atom stereocenters. The molecule has 3 rings (SSSR count). The number of rotatable bonds is 3. The molecule has 1 aliphatic heterocycles. The van der Waals surface area contributed by atoms with Gasteiger partial charge in [-0.15, -0.1) is 0 Å². The van der Waals surface area contributed by atoms with Crippen molar-refractivity contribution in [2.75, 3.05) is 31.1 Å². The van der Waals surface area contributed by atoms with E-state index in [0.29, 0.717) is 29.7 Å². The summed E-state index contributed by atoms with van der Waals surface area (Å²) in [4.78, 5) is 16.4. The summed E-state index contributed by atoms with van der Waals surface area (Å²) >= 11 is 12.2. The van der Waals surface area contributed by atoms with E-state index in [-0.39, 0.29) is 6.03 Å². The Bertz CT molecular complexity index is 758. The topological polar surface area (TPSA) is 35.6 Å². The Labute approximate surface area is 158 Å². The second kappa shape index (κ2) is 7.98. The summed E-state index contributed by atoms with van der Waals surface area (Å²) in [5.74, 6) is 0. The molecule has 6 heteroatoms. The summed E-state index contributed by atoms with van der Waals surface area (Å²) < 4.78 is 0. The van der Waals surface area contributed by atoms with Gasteiger partial charge in [-0.2, -0.15) is 0 Å². The molecular formula is C19H21Cl2N3O. The minimum atomic E-state index is -0.0230. The van der Waals surface area contributed by atoms with Gasteiger partial charge in [-0.3, -0.25) is 0 Å². The molecular weight excluding hydrogens is 357 g/mol. The van der Waals surface area contributed by atoms with Crippen LogP contribution in [0, 0.1) is 6.92 Å². The van der Waals surface area contributed by atoms with Crippen molar-refractivity contribution in [3.05, 3.63) is 63.6 Å². The van der Waals surface area contributed by atoms with Crippen molar-refractivity contribution in [3.8, 4) is 0 Å². The SMILES string of the molecule is Cc1ccccc1CNC(=O)N1CCN(c2ccc(Cl)cc2Cl)CC1. The van der Waals surface area contributed by atoms with Crippen LogP contribution in [0.25, 0.3) is 0 Å². The highest BCUT2D eigenvalue weighted by Gasteiger charge is 2.22. The molecule has 1 fully saturated rings. The van der Waals surface area contributed by atoms with Gasteiger partial charge in [0.15, 0.2) is 0 Å². The van der Waals surface area contributed by atoms with E-state index in [4.69, 9.17) is 23.2 Å². The molecule has 2 amide bonds. The van der Waals surface area contributed by atoms with Gasteiger partial charge in [0.25, 0.3) is 0 Å². The maximum Gasteiger partial charge on any atom is 0.317 e. The molecule has 0 spiro atoms. The van der Waals surface area contributed by atoms with Gasteiger partial charge < -0.3 is 15.1 Å². The highest BCUT2D eigenvalue weighted by Crippen LogP contribution is 2.29. The molecule has 0 aromatic heterocycles. The van der Waals surface area contributed by atoms with Crippen molar-refractivity contribution in [2.45, 2.75) is 13.5 Å². The van der Waals surface area contributed by atoms with E-state index >= 15 is 0 Å². The van der Waals surface area contributed by atoms with Gasteiger partial charge in [-0.25, -0.2) is 4.79 Å². The highest BCUT2D eigenvalue weighted by atomic mass is 35.5. The van der Waals surface area contributed by atoms with Crippen LogP contribution < -0.4 is 10.2 Å². The number of piperazine rings is 1. The number of carbonyl (C=O) groups excluding carboxylic acids is 1. The van der Waals surface area contributed by atoms with Crippen LogP contribution >= 0.6 is 23.2 Å². The number of carbonyl (C=O) groups is 1. The molecule has 0 bridgehead atoms. The Kier molecular flexibility index (Phi) is 5.71. The molecule has 0 atom stereocenters. The molecule has 1 saturated heterocycles. The quantitative estimate of drug-likeness (QED) is 0.863. The number of nitrogens with one attached hydrogen (secondary N) is 1. The number of amides is 2. The number of halogens is 2. The van der Waals surface area contributed by atoms with E-state index in [9.17, 15) is 4.79 Å². The third-order valence-corrected chi connectivity index (χ3v) is 5.05. The van der Waals surface area contributed by atoms with Gasteiger partial charge in [0.2, 0.25) is 0 Å². The van der Waals surface area contributed by atoms with E-state index in [1.807, 2.05) is 35.2 Å². The van der Waals surface area contributed by atoms with Crippen molar-refractivity contribution in [1.29, 1.82) is 0 Å². The lowest BCUT2D eigenvalue weighted by Gasteiger charge is -2.36. The summed E-state index contributed by atoms with van der Waals surface area (Å²) in [5, 5.41) is 4.28. The molecule has 1 heterocycles. The lowest BCUT2D eigenvalue weighted by Crippen LogP contribution is -2.51. The predicted octanol–water partition coefficient (Wildman–Crippen LogP) is 4.33. The van der Waals surface area contributed by atoms with Crippen LogP contribution in [-0.2, 0) is 6.54 Å². The highest BCUT2D eigenvalue weighted by molar-refractivity contribution is 6.36. The number of nitrogens with zero attached hydrogens (tertiary/aromatic N) is 2. The summed E-state index contributed by atoms with van der Waals surface area (Å²) in [6, 6.07) is 13.6. The maximum absolute atomic E-state index is 12.4. The van der Waals surface area contributed by atoms with Gasteiger partial charge in [0.05, 0.1) is 10.7 Å². The molecule has 0 aliphatic carbocycles. The fourth-order valence-corrected chi connectivity index (χ4v) is 3.51.